The predicted molar refractivity (Wildman–Crippen MR) is 89.7 cm³/mol. The lowest BCUT2D eigenvalue weighted by molar-refractivity contribution is -0.123. The molecule has 0 aliphatic heterocycles. The minimum absolute atomic E-state index is 0.182. The molecular weight excluding hydrogens is 308 g/mol. The molecule has 6 heteroatoms. The summed E-state index contributed by atoms with van der Waals surface area (Å²) in [5.41, 5.74) is 6.09. The van der Waals surface area contributed by atoms with E-state index in [1.807, 2.05) is 24.3 Å². The molecule has 0 fully saturated rings. The molecule has 1 atom stereocenters. The molecule has 1 aromatic carbocycles. The molecule has 2 aromatic rings. The molecule has 2 rings (SSSR count). The first-order valence-corrected chi connectivity index (χ1v) is 7.88. The second kappa shape index (κ2) is 8.19. The van der Waals surface area contributed by atoms with Gasteiger partial charge in [0.1, 0.15) is 11.5 Å². The molecule has 2 amide bonds. The monoisotopic (exact) mass is 330 g/mol. The third kappa shape index (κ3) is 4.38. The van der Waals surface area contributed by atoms with Gasteiger partial charge in [0.2, 0.25) is 0 Å². The van der Waals surface area contributed by atoms with E-state index in [4.69, 9.17) is 9.15 Å². The van der Waals surface area contributed by atoms with Gasteiger partial charge >= 0.3 is 0 Å². The molecule has 24 heavy (non-hydrogen) atoms. The van der Waals surface area contributed by atoms with Crippen LogP contribution in [0.15, 0.2) is 41.0 Å². The maximum atomic E-state index is 11.9. The second-order valence-electron chi connectivity index (χ2n) is 5.53. The Morgan fingerprint density at radius 2 is 1.96 bits per heavy atom. The van der Waals surface area contributed by atoms with Crippen LogP contribution in [0, 0.1) is 6.92 Å². The predicted octanol–water partition coefficient (Wildman–Crippen LogP) is 2.94. The van der Waals surface area contributed by atoms with Gasteiger partial charge in [-0.3, -0.25) is 20.4 Å². The van der Waals surface area contributed by atoms with Crippen molar-refractivity contribution in [3.05, 3.63) is 53.5 Å². The molecule has 1 heterocycles. The number of ether oxygens (including phenoxy) is 1. The van der Waals surface area contributed by atoms with Crippen LogP contribution in [0.5, 0.6) is 5.75 Å². The van der Waals surface area contributed by atoms with E-state index in [2.05, 4.69) is 24.7 Å². The van der Waals surface area contributed by atoms with Gasteiger partial charge in [0.05, 0.1) is 11.8 Å². The average Bonchev–Trinajstić information content (AvgIpc) is 3.03. The number of para-hydroxylation sites is 1. The van der Waals surface area contributed by atoms with Crippen LogP contribution in [0.4, 0.5) is 0 Å². The Labute approximate surface area is 141 Å². The zero-order valence-electron chi connectivity index (χ0n) is 14.1. The number of aryl methyl sites for hydroxylation is 1. The first-order valence-electron chi connectivity index (χ1n) is 7.88. The Morgan fingerprint density at radius 1 is 1.21 bits per heavy atom. The van der Waals surface area contributed by atoms with E-state index < -0.39 is 11.8 Å². The number of amides is 2. The fraction of sp³-hybridized carbons (Fsp3) is 0.333. The van der Waals surface area contributed by atoms with Gasteiger partial charge in [0, 0.05) is 0 Å². The number of furan rings is 1. The first-order chi connectivity index (χ1) is 11.5. The van der Waals surface area contributed by atoms with Crippen molar-refractivity contribution in [1.29, 1.82) is 0 Å². The van der Waals surface area contributed by atoms with Crippen LogP contribution in [0.3, 0.4) is 0 Å². The first kappa shape index (κ1) is 17.6. The van der Waals surface area contributed by atoms with E-state index in [1.165, 1.54) is 12.3 Å². The highest BCUT2D eigenvalue weighted by Gasteiger charge is 2.14. The van der Waals surface area contributed by atoms with Crippen LogP contribution in [0.2, 0.25) is 0 Å². The number of carbonyl (C=O) groups excluding carboxylic acids is 2. The van der Waals surface area contributed by atoms with Crippen molar-refractivity contribution >= 4 is 11.8 Å². The molecule has 128 valence electrons. The third-order valence-electron chi connectivity index (χ3n) is 3.84. The Balaban J connectivity index is 1.86. The fourth-order valence-corrected chi connectivity index (χ4v) is 2.23. The fourth-order valence-electron chi connectivity index (χ4n) is 2.23. The summed E-state index contributed by atoms with van der Waals surface area (Å²) in [5, 5.41) is 0. The minimum atomic E-state index is -0.441. The molecule has 0 radical (unpaired) electrons. The number of benzene rings is 1. The largest absolute Gasteiger partial charge is 0.483 e. The highest BCUT2D eigenvalue weighted by molar-refractivity contribution is 5.96. The summed E-state index contributed by atoms with van der Waals surface area (Å²) in [4.78, 5) is 23.7. The Hall–Kier alpha value is -2.76. The van der Waals surface area contributed by atoms with E-state index in [0.717, 1.165) is 12.0 Å². The van der Waals surface area contributed by atoms with E-state index in [0.29, 0.717) is 23.0 Å². The van der Waals surface area contributed by atoms with Gasteiger partial charge in [-0.05, 0) is 37.0 Å². The molecule has 1 aromatic heterocycles. The van der Waals surface area contributed by atoms with E-state index >= 15 is 0 Å². The molecule has 0 saturated heterocycles. The molecule has 1 unspecified atom stereocenters. The summed E-state index contributed by atoms with van der Waals surface area (Å²) < 4.78 is 10.6. The third-order valence-corrected chi connectivity index (χ3v) is 3.84. The molecule has 0 aliphatic carbocycles. The summed E-state index contributed by atoms with van der Waals surface area (Å²) in [6, 6.07) is 9.17. The average molecular weight is 330 g/mol. The quantitative estimate of drug-likeness (QED) is 0.798. The molecular formula is C18H22N2O4. The molecule has 0 spiro atoms. The van der Waals surface area contributed by atoms with Crippen molar-refractivity contribution in [3.63, 3.8) is 0 Å². The number of nitrogens with one attached hydrogen (secondary N) is 2. The SMILES string of the molecule is CCC(C)c1ccccc1OCC(=O)NNC(=O)c1ccoc1C. The van der Waals surface area contributed by atoms with Gasteiger partial charge in [0.25, 0.3) is 11.8 Å². The lowest BCUT2D eigenvalue weighted by Gasteiger charge is -2.15. The van der Waals surface area contributed by atoms with Gasteiger partial charge in [-0.25, -0.2) is 0 Å². The summed E-state index contributed by atoms with van der Waals surface area (Å²) in [5.74, 6) is 0.630. The summed E-state index contributed by atoms with van der Waals surface area (Å²) >= 11 is 0. The number of rotatable bonds is 6. The summed E-state index contributed by atoms with van der Waals surface area (Å²) in [6.07, 6.45) is 2.40. The molecule has 2 N–H and O–H groups in total. The van der Waals surface area contributed by atoms with Crippen molar-refractivity contribution in [1.82, 2.24) is 10.9 Å². The normalized spacial score (nSPS) is 11.6. The van der Waals surface area contributed by atoms with Gasteiger partial charge in [-0.2, -0.15) is 0 Å². The maximum absolute atomic E-state index is 11.9. The van der Waals surface area contributed by atoms with Gasteiger partial charge in [-0.15, -0.1) is 0 Å². The lowest BCUT2D eigenvalue weighted by Crippen LogP contribution is -2.43. The van der Waals surface area contributed by atoms with Crippen LogP contribution >= 0.6 is 0 Å². The van der Waals surface area contributed by atoms with Crippen LogP contribution in [0.1, 0.15) is 47.9 Å². The standard InChI is InChI=1S/C18H22N2O4/c1-4-12(2)14-7-5-6-8-16(14)24-11-17(21)19-20-18(22)15-9-10-23-13(15)3/h5-10,12H,4,11H2,1-3H3,(H,19,21)(H,20,22). The van der Waals surface area contributed by atoms with Gasteiger partial charge < -0.3 is 9.15 Å². The second-order valence-corrected chi connectivity index (χ2v) is 5.53. The van der Waals surface area contributed by atoms with Crippen molar-refractivity contribution in [3.8, 4) is 5.75 Å². The van der Waals surface area contributed by atoms with Crippen molar-refractivity contribution in [2.75, 3.05) is 6.61 Å². The van der Waals surface area contributed by atoms with Crippen LogP contribution < -0.4 is 15.6 Å². The van der Waals surface area contributed by atoms with Crippen LogP contribution in [-0.2, 0) is 4.79 Å². The Kier molecular flexibility index (Phi) is 6.01. The summed E-state index contributed by atoms with van der Waals surface area (Å²) in [6.45, 7) is 5.70. The lowest BCUT2D eigenvalue weighted by atomic mass is 9.98. The maximum Gasteiger partial charge on any atom is 0.276 e. The number of hydrogen-bond donors (Lipinski definition) is 2. The van der Waals surface area contributed by atoms with Crippen LogP contribution in [0.25, 0.3) is 0 Å². The van der Waals surface area contributed by atoms with E-state index in [9.17, 15) is 9.59 Å². The van der Waals surface area contributed by atoms with E-state index in [1.54, 1.807) is 6.92 Å². The Bertz CT molecular complexity index is 709. The highest BCUT2D eigenvalue weighted by Crippen LogP contribution is 2.28. The topological polar surface area (TPSA) is 80.6 Å². The minimum Gasteiger partial charge on any atom is -0.483 e. The summed E-state index contributed by atoms with van der Waals surface area (Å²) in [7, 11) is 0. The number of carbonyl (C=O) groups is 2. The molecule has 0 saturated carbocycles. The van der Waals surface area contributed by atoms with Crippen molar-refractivity contribution in [2.24, 2.45) is 0 Å². The van der Waals surface area contributed by atoms with E-state index in [-0.39, 0.29) is 6.61 Å². The number of hydrogen-bond acceptors (Lipinski definition) is 4. The molecule has 0 aliphatic rings. The van der Waals surface area contributed by atoms with Gasteiger partial charge in [-0.1, -0.05) is 32.0 Å². The zero-order chi connectivity index (χ0) is 17.5. The van der Waals surface area contributed by atoms with Crippen molar-refractivity contribution < 1.29 is 18.7 Å². The van der Waals surface area contributed by atoms with Crippen molar-refractivity contribution in [2.45, 2.75) is 33.1 Å². The molecule has 0 bridgehead atoms. The molecule has 6 nitrogen and oxygen atoms in total. The Morgan fingerprint density at radius 3 is 2.62 bits per heavy atom. The smallest absolute Gasteiger partial charge is 0.276 e. The highest BCUT2D eigenvalue weighted by atomic mass is 16.5. The zero-order valence-corrected chi connectivity index (χ0v) is 14.1. The van der Waals surface area contributed by atoms with Crippen LogP contribution in [-0.4, -0.2) is 18.4 Å². The number of hydrazine groups is 1. The van der Waals surface area contributed by atoms with Gasteiger partial charge in [0.15, 0.2) is 6.61 Å².